The zero-order chi connectivity index (χ0) is 30.6. The number of aliphatic hydroxyl groups excluding tert-OH is 1. The van der Waals surface area contributed by atoms with E-state index in [4.69, 9.17) is 14.3 Å². The monoisotopic (exact) mass is 584 g/mol. The first-order valence-electron chi connectivity index (χ1n) is 13.3. The van der Waals surface area contributed by atoms with Crippen LogP contribution in [0.25, 0.3) is 16.6 Å². The van der Waals surface area contributed by atoms with Gasteiger partial charge in [-0.2, -0.15) is 0 Å². The van der Waals surface area contributed by atoms with Crippen molar-refractivity contribution in [2.45, 2.75) is 13.1 Å². The van der Waals surface area contributed by atoms with Gasteiger partial charge in [-0.3, -0.25) is 9.88 Å². The van der Waals surface area contributed by atoms with E-state index >= 15 is 0 Å². The molecule has 0 aliphatic carbocycles. The number of rotatable bonds is 6. The number of nitrogens with zero attached hydrogens (tertiary/aromatic N) is 4. The van der Waals surface area contributed by atoms with Crippen molar-refractivity contribution in [3.8, 4) is 11.5 Å². The van der Waals surface area contributed by atoms with Crippen LogP contribution >= 0.6 is 0 Å². The van der Waals surface area contributed by atoms with Crippen molar-refractivity contribution < 1.29 is 38.4 Å². The standard InChI is InChI=1S/C27H29FN4O5.C2H6O.CH2O/c1-36-14-13-30-9-11-31(12-10-30)27(35)37-26-20-3-2-8-29-24(20)25(34)23-21(26)16-32(22(23)17-33)15-18-4-6-19(28)7-5-18;1-3-2;1-2/h2-8,17,33-34H,9-16H2,1H3;1-2H3;1H2. The highest BCUT2D eigenvalue weighted by atomic mass is 19.1. The van der Waals surface area contributed by atoms with E-state index in [9.17, 15) is 19.4 Å². The lowest BCUT2D eigenvalue weighted by Gasteiger charge is -2.34. The Bertz CT molecular complexity index is 1360. The summed E-state index contributed by atoms with van der Waals surface area (Å²) in [6.45, 7) is 6.55. The van der Waals surface area contributed by atoms with E-state index in [1.54, 1.807) is 56.7 Å². The van der Waals surface area contributed by atoms with Crippen LogP contribution in [0.2, 0.25) is 0 Å². The lowest BCUT2D eigenvalue weighted by Crippen LogP contribution is -2.50. The maximum atomic E-state index is 13.4. The van der Waals surface area contributed by atoms with Crippen LogP contribution in [-0.2, 0) is 27.4 Å². The first-order valence-corrected chi connectivity index (χ1v) is 13.3. The summed E-state index contributed by atoms with van der Waals surface area (Å²) in [6.07, 6.45) is 2.00. The van der Waals surface area contributed by atoms with Gasteiger partial charge in [-0.25, -0.2) is 9.18 Å². The molecule has 0 radical (unpaired) electrons. The zero-order valence-electron chi connectivity index (χ0n) is 24.1. The molecule has 226 valence electrons. The van der Waals surface area contributed by atoms with Crippen molar-refractivity contribution in [2.75, 3.05) is 60.7 Å². The van der Waals surface area contributed by atoms with Gasteiger partial charge in [0, 0.05) is 84.3 Å². The van der Waals surface area contributed by atoms with Crippen molar-refractivity contribution in [1.29, 1.82) is 0 Å². The van der Waals surface area contributed by atoms with Crippen LogP contribution in [0.5, 0.6) is 11.5 Å². The molecule has 3 heterocycles. The third kappa shape index (κ3) is 7.32. The predicted octanol–water partition coefficient (Wildman–Crippen LogP) is 3.79. The minimum Gasteiger partial charge on any atom is -0.513 e. The molecule has 1 saturated heterocycles. The first kappa shape index (κ1) is 32.3. The van der Waals surface area contributed by atoms with Gasteiger partial charge in [0.1, 0.15) is 30.1 Å². The van der Waals surface area contributed by atoms with E-state index in [-0.39, 0.29) is 23.6 Å². The normalized spacial score (nSPS) is 15.5. The molecule has 0 bridgehead atoms. The molecule has 3 aromatic rings. The third-order valence-corrected chi connectivity index (χ3v) is 6.88. The minimum absolute atomic E-state index is 0.0981. The number of phenolic OH excluding ortho intramolecular Hbond substituents is 1. The number of piperazine rings is 1. The molecule has 42 heavy (non-hydrogen) atoms. The van der Waals surface area contributed by atoms with Crippen molar-refractivity contribution >= 4 is 29.5 Å². The Morgan fingerprint density at radius 1 is 1.10 bits per heavy atom. The number of benzene rings is 2. The van der Waals surface area contributed by atoms with Crippen LogP contribution in [0.1, 0.15) is 16.7 Å². The van der Waals surface area contributed by atoms with Gasteiger partial charge in [0.2, 0.25) is 0 Å². The predicted molar refractivity (Wildman–Crippen MR) is 156 cm³/mol. The van der Waals surface area contributed by atoms with Gasteiger partial charge in [0.05, 0.1) is 17.9 Å². The number of pyridine rings is 1. The van der Waals surface area contributed by atoms with E-state index in [2.05, 4.69) is 14.6 Å². The topological polar surface area (TPSA) is 125 Å². The number of halogens is 1. The number of ether oxygens (including phenoxy) is 3. The number of amides is 1. The summed E-state index contributed by atoms with van der Waals surface area (Å²) in [7, 11) is 4.92. The number of hydrogen-bond donors (Lipinski definition) is 2. The number of carbonyl (C=O) groups excluding carboxylic acids is 2. The molecule has 1 aromatic heterocycles. The zero-order valence-corrected chi connectivity index (χ0v) is 24.1. The van der Waals surface area contributed by atoms with E-state index < -0.39 is 6.09 Å². The van der Waals surface area contributed by atoms with Crippen LogP contribution in [-0.4, -0.2) is 103 Å². The van der Waals surface area contributed by atoms with Crippen molar-refractivity contribution in [3.63, 3.8) is 0 Å². The summed E-state index contributed by atoms with van der Waals surface area (Å²) in [5.74, 6) is -0.127. The Hall–Kier alpha value is -4.26. The van der Waals surface area contributed by atoms with E-state index in [1.165, 1.54) is 12.1 Å². The average molecular weight is 585 g/mol. The molecule has 2 N–H and O–H groups in total. The number of hydrogen-bond acceptors (Lipinski definition) is 10. The number of carbonyl (C=O) groups is 2. The summed E-state index contributed by atoms with van der Waals surface area (Å²) < 4.78 is 28.8. The molecule has 1 fully saturated rings. The van der Waals surface area contributed by atoms with Gasteiger partial charge >= 0.3 is 6.09 Å². The van der Waals surface area contributed by atoms with E-state index in [0.717, 1.165) is 31.5 Å². The largest absolute Gasteiger partial charge is 0.513 e. The summed E-state index contributed by atoms with van der Waals surface area (Å²) in [5.41, 5.74) is 2.40. The van der Waals surface area contributed by atoms with Crippen LogP contribution in [0.3, 0.4) is 0 Å². The highest BCUT2D eigenvalue weighted by Gasteiger charge is 2.35. The fraction of sp³-hybridized carbons (Fsp3) is 0.367. The van der Waals surface area contributed by atoms with Crippen LogP contribution in [0.4, 0.5) is 9.18 Å². The average Bonchev–Trinajstić information content (AvgIpc) is 3.39. The Balaban J connectivity index is 0.000000910. The van der Waals surface area contributed by atoms with Crippen LogP contribution in [0.15, 0.2) is 48.9 Å². The van der Waals surface area contributed by atoms with Gasteiger partial charge in [0.15, 0.2) is 5.75 Å². The van der Waals surface area contributed by atoms with Crippen molar-refractivity contribution in [2.24, 2.45) is 0 Å². The number of aromatic hydroxyl groups is 1. The number of aliphatic hydroxyl groups is 1. The molecule has 2 aliphatic rings. The molecule has 5 rings (SSSR count). The van der Waals surface area contributed by atoms with Gasteiger partial charge in [0.25, 0.3) is 0 Å². The second kappa shape index (κ2) is 15.7. The fourth-order valence-corrected chi connectivity index (χ4v) is 4.92. The molecule has 11 nitrogen and oxygen atoms in total. The second-order valence-electron chi connectivity index (χ2n) is 9.53. The maximum Gasteiger partial charge on any atom is 0.415 e. The van der Waals surface area contributed by atoms with Crippen molar-refractivity contribution in [3.05, 3.63) is 71.4 Å². The highest BCUT2D eigenvalue weighted by molar-refractivity contribution is 5.99. The lowest BCUT2D eigenvalue weighted by molar-refractivity contribution is -0.0980. The number of phenols is 1. The van der Waals surface area contributed by atoms with E-state index in [0.29, 0.717) is 54.2 Å². The molecular formula is C30H37FN4O7. The molecule has 2 aromatic carbocycles. The SMILES string of the molecule is C=O.COC.COCCN1CCN(C(=O)Oc2c3c(c(O)c4ncccc24)C(=CO)N(Cc2ccc(F)cc2)C3)CC1. The molecule has 0 atom stereocenters. The first-order chi connectivity index (χ1) is 20.4. The Morgan fingerprint density at radius 2 is 1.76 bits per heavy atom. The quantitative estimate of drug-likeness (QED) is 0.414. The summed E-state index contributed by atoms with van der Waals surface area (Å²) in [4.78, 5) is 31.3. The maximum absolute atomic E-state index is 13.4. The van der Waals surface area contributed by atoms with Crippen LogP contribution < -0.4 is 4.74 Å². The van der Waals surface area contributed by atoms with E-state index in [1.807, 2.05) is 11.7 Å². The number of methoxy groups -OCH3 is 2. The lowest BCUT2D eigenvalue weighted by atomic mass is 10.0. The second-order valence-corrected chi connectivity index (χ2v) is 9.53. The Kier molecular flexibility index (Phi) is 12.0. The van der Waals surface area contributed by atoms with Gasteiger partial charge in [-0.1, -0.05) is 12.1 Å². The molecule has 0 saturated carbocycles. The van der Waals surface area contributed by atoms with Gasteiger partial charge in [-0.15, -0.1) is 0 Å². The smallest absolute Gasteiger partial charge is 0.415 e. The number of aromatic nitrogens is 1. The molecule has 1 amide bonds. The Labute approximate surface area is 244 Å². The summed E-state index contributed by atoms with van der Waals surface area (Å²) >= 11 is 0. The number of fused-ring (bicyclic) bond motifs is 2. The fourth-order valence-electron chi connectivity index (χ4n) is 4.92. The molecular weight excluding hydrogens is 547 g/mol. The summed E-state index contributed by atoms with van der Waals surface area (Å²) in [5, 5.41) is 21.8. The molecule has 0 unspecified atom stereocenters. The Morgan fingerprint density at radius 3 is 2.38 bits per heavy atom. The van der Waals surface area contributed by atoms with Gasteiger partial charge < -0.3 is 39.0 Å². The third-order valence-electron chi connectivity index (χ3n) is 6.88. The summed E-state index contributed by atoms with van der Waals surface area (Å²) in [6, 6.07) is 9.54. The van der Waals surface area contributed by atoms with Crippen LogP contribution in [0, 0.1) is 5.82 Å². The van der Waals surface area contributed by atoms with Gasteiger partial charge in [-0.05, 0) is 29.8 Å². The minimum atomic E-state index is -0.476. The molecule has 12 heteroatoms. The van der Waals surface area contributed by atoms with Crippen molar-refractivity contribution in [1.82, 2.24) is 19.7 Å². The molecule has 0 spiro atoms. The highest BCUT2D eigenvalue weighted by Crippen LogP contribution is 2.48. The molecule has 2 aliphatic heterocycles.